The van der Waals surface area contributed by atoms with Crippen molar-refractivity contribution in [3.8, 4) is 10.6 Å². The van der Waals surface area contributed by atoms with E-state index in [1.807, 2.05) is 18.5 Å². The Morgan fingerprint density at radius 3 is 2.66 bits per heavy atom. The van der Waals surface area contributed by atoms with Crippen molar-refractivity contribution in [3.63, 3.8) is 0 Å². The largest absolute Gasteiger partial charge is 0.368 e. The average molecular weight is 401 g/mol. The molecule has 3 aromatic heterocycles. The summed E-state index contributed by atoms with van der Waals surface area (Å²) in [6.45, 7) is 7.23. The van der Waals surface area contributed by atoms with E-state index in [0.29, 0.717) is 0 Å². The number of benzene rings is 1. The first-order chi connectivity index (χ1) is 14.3. The minimum absolute atomic E-state index is 0.936. The average Bonchev–Trinajstić information content (AvgIpc) is 3.30. The van der Waals surface area contributed by atoms with E-state index in [0.717, 1.165) is 43.9 Å². The van der Waals surface area contributed by atoms with E-state index in [-0.39, 0.29) is 0 Å². The summed E-state index contributed by atoms with van der Waals surface area (Å²) < 4.78 is 0. The van der Waals surface area contributed by atoms with Gasteiger partial charge in [0.1, 0.15) is 0 Å². The molecular weight excluding hydrogens is 376 g/mol. The lowest BCUT2D eigenvalue weighted by Gasteiger charge is -2.36. The Balaban J connectivity index is 1.41. The zero-order valence-electron chi connectivity index (χ0n) is 16.6. The fourth-order valence-corrected chi connectivity index (χ4v) is 4.83. The number of pyridine rings is 2. The quantitative estimate of drug-likeness (QED) is 0.483. The molecule has 1 aromatic carbocycles. The molecule has 0 bridgehead atoms. The standard InChI is InChI=1S/C24H24N4S/c1-18-5-2-6-19-15-20(24(26-23(18)19)22-8-4-14-29-22)17-27-10-12-28(13-11-27)21-7-3-9-25-16-21/h2-9,14-16H,10-13,17H2,1H3. The number of aromatic nitrogens is 2. The van der Waals surface area contributed by atoms with Gasteiger partial charge in [0.25, 0.3) is 0 Å². The van der Waals surface area contributed by atoms with E-state index in [4.69, 9.17) is 4.98 Å². The summed E-state index contributed by atoms with van der Waals surface area (Å²) in [7, 11) is 0. The highest BCUT2D eigenvalue weighted by Crippen LogP contribution is 2.31. The van der Waals surface area contributed by atoms with Crippen molar-refractivity contribution in [2.45, 2.75) is 13.5 Å². The van der Waals surface area contributed by atoms with Crippen molar-refractivity contribution in [1.29, 1.82) is 0 Å². The number of aryl methyl sites for hydroxylation is 1. The van der Waals surface area contributed by atoms with Gasteiger partial charge >= 0.3 is 0 Å². The second-order valence-electron chi connectivity index (χ2n) is 7.59. The van der Waals surface area contributed by atoms with Gasteiger partial charge in [-0.25, -0.2) is 4.98 Å². The number of nitrogens with zero attached hydrogens (tertiary/aromatic N) is 4. The molecule has 1 saturated heterocycles. The fraction of sp³-hybridized carbons (Fsp3) is 0.250. The van der Waals surface area contributed by atoms with Gasteiger partial charge in [0.05, 0.1) is 28.0 Å². The highest BCUT2D eigenvalue weighted by molar-refractivity contribution is 7.13. The molecule has 0 spiro atoms. The van der Waals surface area contributed by atoms with Crippen molar-refractivity contribution in [1.82, 2.24) is 14.9 Å². The van der Waals surface area contributed by atoms with Crippen LogP contribution in [-0.2, 0) is 6.54 Å². The van der Waals surface area contributed by atoms with Crippen LogP contribution in [-0.4, -0.2) is 41.0 Å². The van der Waals surface area contributed by atoms with Crippen molar-refractivity contribution >= 4 is 27.9 Å². The van der Waals surface area contributed by atoms with Crippen LogP contribution in [0.5, 0.6) is 0 Å². The molecule has 1 aliphatic rings. The van der Waals surface area contributed by atoms with E-state index in [2.05, 4.69) is 69.6 Å². The van der Waals surface area contributed by atoms with Gasteiger partial charge in [0, 0.05) is 44.3 Å². The van der Waals surface area contributed by atoms with Crippen molar-refractivity contribution in [2.24, 2.45) is 0 Å². The van der Waals surface area contributed by atoms with E-state index in [1.54, 1.807) is 11.3 Å². The summed E-state index contributed by atoms with van der Waals surface area (Å²) in [5.74, 6) is 0. The summed E-state index contributed by atoms with van der Waals surface area (Å²) in [6, 6.07) is 17.2. The van der Waals surface area contributed by atoms with Crippen molar-refractivity contribution < 1.29 is 0 Å². The van der Waals surface area contributed by atoms with E-state index >= 15 is 0 Å². The lowest BCUT2D eigenvalue weighted by Crippen LogP contribution is -2.46. The molecule has 5 rings (SSSR count). The van der Waals surface area contributed by atoms with E-state index in [9.17, 15) is 0 Å². The predicted molar refractivity (Wildman–Crippen MR) is 122 cm³/mol. The third-order valence-electron chi connectivity index (χ3n) is 5.66. The second-order valence-corrected chi connectivity index (χ2v) is 8.54. The number of hydrogen-bond donors (Lipinski definition) is 0. The molecule has 4 heterocycles. The van der Waals surface area contributed by atoms with Crippen LogP contribution in [0, 0.1) is 6.92 Å². The van der Waals surface area contributed by atoms with Gasteiger partial charge < -0.3 is 4.90 Å². The first kappa shape index (κ1) is 18.3. The molecule has 0 saturated carbocycles. The van der Waals surface area contributed by atoms with Crippen LogP contribution in [0.3, 0.4) is 0 Å². The summed E-state index contributed by atoms with van der Waals surface area (Å²) in [4.78, 5) is 15.6. The topological polar surface area (TPSA) is 32.3 Å². The Labute approximate surface area is 175 Å². The minimum Gasteiger partial charge on any atom is -0.368 e. The van der Waals surface area contributed by atoms with Crippen LogP contribution in [0.25, 0.3) is 21.5 Å². The normalized spacial score (nSPS) is 15.1. The van der Waals surface area contributed by atoms with Crippen LogP contribution in [0.4, 0.5) is 5.69 Å². The van der Waals surface area contributed by atoms with Gasteiger partial charge in [-0.3, -0.25) is 9.88 Å². The van der Waals surface area contributed by atoms with Crippen LogP contribution in [0.15, 0.2) is 66.3 Å². The molecule has 5 heteroatoms. The zero-order valence-corrected chi connectivity index (χ0v) is 17.4. The summed E-state index contributed by atoms with van der Waals surface area (Å²) in [6.07, 6.45) is 3.79. The first-order valence-corrected chi connectivity index (χ1v) is 11.0. The SMILES string of the molecule is Cc1cccc2cc(CN3CCN(c4cccnc4)CC3)c(-c3cccs3)nc12. The molecule has 0 N–H and O–H groups in total. The van der Waals surface area contributed by atoms with Crippen LogP contribution < -0.4 is 4.90 Å². The van der Waals surface area contributed by atoms with E-state index in [1.165, 1.54) is 27.1 Å². The smallest absolute Gasteiger partial charge is 0.0854 e. The maximum Gasteiger partial charge on any atom is 0.0854 e. The van der Waals surface area contributed by atoms with Gasteiger partial charge in [0.2, 0.25) is 0 Å². The monoisotopic (exact) mass is 400 g/mol. The molecule has 146 valence electrons. The summed E-state index contributed by atoms with van der Waals surface area (Å²) in [5, 5.41) is 3.37. The second kappa shape index (κ2) is 7.93. The molecule has 0 unspecified atom stereocenters. The fourth-order valence-electron chi connectivity index (χ4n) is 4.08. The van der Waals surface area contributed by atoms with Gasteiger partial charge in [-0.1, -0.05) is 24.3 Å². The third kappa shape index (κ3) is 3.76. The molecule has 0 atom stereocenters. The molecule has 1 fully saturated rings. The minimum atomic E-state index is 0.936. The van der Waals surface area contributed by atoms with Gasteiger partial charge in [-0.2, -0.15) is 0 Å². The Kier molecular flexibility index (Phi) is 5.00. The molecule has 4 aromatic rings. The first-order valence-electron chi connectivity index (χ1n) is 10.1. The van der Waals surface area contributed by atoms with Crippen molar-refractivity contribution in [2.75, 3.05) is 31.1 Å². The van der Waals surface area contributed by atoms with Crippen LogP contribution in [0.1, 0.15) is 11.1 Å². The Bertz CT molecular complexity index is 1100. The number of para-hydroxylation sites is 1. The van der Waals surface area contributed by atoms with Gasteiger partial charge in [-0.15, -0.1) is 11.3 Å². The number of thiophene rings is 1. The summed E-state index contributed by atoms with van der Waals surface area (Å²) in [5.41, 5.74) is 6.02. The zero-order chi connectivity index (χ0) is 19.6. The number of fused-ring (bicyclic) bond motifs is 1. The molecule has 1 aliphatic heterocycles. The Morgan fingerprint density at radius 1 is 1.00 bits per heavy atom. The Hall–Kier alpha value is -2.76. The third-order valence-corrected chi connectivity index (χ3v) is 6.53. The number of piperazine rings is 1. The lowest BCUT2D eigenvalue weighted by atomic mass is 10.0. The predicted octanol–water partition coefficient (Wildman–Crippen LogP) is 4.99. The number of rotatable bonds is 4. The molecule has 0 amide bonds. The maximum absolute atomic E-state index is 5.11. The summed E-state index contributed by atoms with van der Waals surface area (Å²) >= 11 is 1.77. The van der Waals surface area contributed by atoms with Crippen LogP contribution in [0.2, 0.25) is 0 Å². The molecule has 0 radical (unpaired) electrons. The van der Waals surface area contributed by atoms with Gasteiger partial charge in [-0.05, 0) is 47.7 Å². The van der Waals surface area contributed by atoms with E-state index < -0.39 is 0 Å². The molecular formula is C24H24N4S. The van der Waals surface area contributed by atoms with Gasteiger partial charge in [0.15, 0.2) is 0 Å². The van der Waals surface area contributed by atoms with Crippen molar-refractivity contribution in [3.05, 3.63) is 77.4 Å². The number of hydrogen-bond acceptors (Lipinski definition) is 5. The molecule has 29 heavy (non-hydrogen) atoms. The molecule has 4 nitrogen and oxygen atoms in total. The van der Waals surface area contributed by atoms with Crippen LogP contribution >= 0.6 is 11.3 Å². The Morgan fingerprint density at radius 2 is 1.90 bits per heavy atom. The molecule has 0 aliphatic carbocycles. The lowest BCUT2D eigenvalue weighted by molar-refractivity contribution is 0.250. The number of anilines is 1. The highest BCUT2D eigenvalue weighted by Gasteiger charge is 2.20. The highest BCUT2D eigenvalue weighted by atomic mass is 32.1. The maximum atomic E-state index is 5.11.